The van der Waals surface area contributed by atoms with Gasteiger partial charge in [-0.2, -0.15) is 0 Å². The first-order valence-corrected chi connectivity index (χ1v) is 6.16. The van der Waals surface area contributed by atoms with Gasteiger partial charge in [-0.05, 0) is 36.4 Å². The van der Waals surface area contributed by atoms with Crippen molar-refractivity contribution >= 4 is 28.7 Å². The van der Waals surface area contributed by atoms with Crippen molar-refractivity contribution in [3.63, 3.8) is 0 Å². The molecule has 2 N–H and O–H groups in total. The molecule has 0 saturated heterocycles. The number of aromatic nitrogens is 1. The van der Waals surface area contributed by atoms with Gasteiger partial charge in [-0.1, -0.05) is 12.2 Å². The third-order valence-corrected chi connectivity index (χ3v) is 3.07. The maximum absolute atomic E-state index is 5.57. The van der Waals surface area contributed by atoms with Crippen LogP contribution in [0.5, 0.6) is 5.75 Å². The van der Waals surface area contributed by atoms with Crippen LogP contribution in [-0.4, -0.2) is 24.1 Å². The molecule has 0 amide bonds. The summed E-state index contributed by atoms with van der Waals surface area (Å²) in [5.41, 5.74) is 7.44. The molecule has 0 atom stereocenters. The highest BCUT2D eigenvalue weighted by Gasteiger charge is 2.06. The van der Waals surface area contributed by atoms with Crippen molar-refractivity contribution in [3.8, 4) is 5.75 Å². The van der Waals surface area contributed by atoms with Gasteiger partial charge in [0.2, 0.25) is 0 Å². The molecule has 4 nitrogen and oxygen atoms in total. The van der Waals surface area contributed by atoms with Gasteiger partial charge in [0.15, 0.2) is 0 Å². The van der Waals surface area contributed by atoms with Gasteiger partial charge in [-0.25, -0.2) is 4.98 Å². The Morgan fingerprint density at radius 2 is 1.89 bits per heavy atom. The molecule has 0 bridgehead atoms. The lowest BCUT2D eigenvalue weighted by Crippen LogP contribution is -2.12. The molecule has 0 aliphatic rings. The second-order valence-electron chi connectivity index (χ2n) is 4.03. The average molecular weight is 273 g/mol. The summed E-state index contributed by atoms with van der Waals surface area (Å²) in [7, 11) is 3.57. The van der Waals surface area contributed by atoms with E-state index in [1.807, 2.05) is 48.3 Å². The Hall–Kier alpha value is -2.14. The Bertz CT molecular complexity index is 566. The first-order valence-electron chi connectivity index (χ1n) is 5.75. The quantitative estimate of drug-likeness (QED) is 0.867. The lowest BCUT2D eigenvalue weighted by molar-refractivity contribution is 0.413. The molecular weight excluding hydrogens is 258 g/mol. The molecule has 0 aliphatic heterocycles. The van der Waals surface area contributed by atoms with Crippen molar-refractivity contribution in [2.24, 2.45) is 5.73 Å². The number of nitrogens with two attached hydrogens (primary N) is 1. The third-order valence-electron chi connectivity index (χ3n) is 2.84. The molecule has 19 heavy (non-hydrogen) atoms. The van der Waals surface area contributed by atoms with Crippen LogP contribution in [0.15, 0.2) is 42.6 Å². The van der Waals surface area contributed by atoms with E-state index in [0.717, 1.165) is 22.8 Å². The molecule has 1 heterocycles. The Morgan fingerprint density at radius 1 is 1.21 bits per heavy atom. The fraction of sp³-hybridized carbons (Fsp3) is 0.143. The molecule has 1 aromatic carbocycles. The number of ether oxygens (including phenoxy) is 1. The number of hydrogen-bond donors (Lipinski definition) is 1. The summed E-state index contributed by atoms with van der Waals surface area (Å²) < 4.78 is 5.09. The molecule has 2 rings (SSSR count). The van der Waals surface area contributed by atoms with E-state index in [9.17, 15) is 0 Å². The van der Waals surface area contributed by atoms with Crippen LogP contribution < -0.4 is 15.4 Å². The van der Waals surface area contributed by atoms with Crippen molar-refractivity contribution in [1.82, 2.24) is 4.98 Å². The molecule has 98 valence electrons. The highest BCUT2D eigenvalue weighted by molar-refractivity contribution is 7.80. The molecule has 5 heteroatoms. The van der Waals surface area contributed by atoms with E-state index in [2.05, 4.69) is 4.98 Å². The third kappa shape index (κ3) is 3.00. The number of nitrogens with zero attached hydrogens (tertiary/aromatic N) is 2. The number of benzene rings is 1. The van der Waals surface area contributed by atoms with Crippen LogP contribution in [0.2, 0.25) is 0 Å². The van der Waals surface area contributed by atoms with Gasteiger partial charge >= 0.3 is 0 Å². The van der Waals surface area contributed by atoms with Crippen molar-refractivity contribution in [2.45, 2.75) is 0 Å². The van der Waals surface area contributed by atoms with Crippen LogP contribution in [0.1, 0.15) is 5.56 Å². The monoisotopic (exact) mass is 273 g/mol. The summed E-state index contributed by atoms with van der Waals surface area (Å²) in [6.07, 6.45) is 1.69. The van der Waals surface area contributed by atoms with E-state index in [1.54, 1.807) is 13.3 Å². The predicted molar refractivity (Wildman–Crippen MR) is 81.2 cm³/mol. The Balaban J connectivity index is 2.22. The predicted octanol–water partition coefficient (Wildman–Crippen LogP) is 2.49. The fourth-order valence-corrected chi connectivity index (χ4v) is 1.81. The van der Waals surface area contributed by atoms with E-state index in [1.165, 1.54) is 0 Å². The van der Waals surface area contributed by atoms with Crippen molar-refractivity contribution in [1.29, 1.82) is 0 Å². The summed E-state index contributed by atoms with van der Waals surface area (Å²) in [5, 5.41) is 0. The summed E-state index contributed by atoms with van der Waals surface area (Å²) in [5.74, 6) is 1.57. The SMILES string of the molecule is COc1ccc(N(C)c2ccc(C(N)=S)cc2)nc1. The van der Waals surface area contributed by atoms with Gasteiger partial charge < -0.3 is 15.4 Å². The number of hydrogen-bond acceptors (Lipinski definition) is 4. The molecule has 2 aromatic rings. The number of thiocarbonyl (C=S) groups is 1. The Labute approximate surface area is 117 Å². The minimum atomic E-state index is 0.400. The summed E-state index contributed by atoms with van der Waals surface area (Å²) in [4.78, 5) is 6.71. The average Bonchev–Trinajstić information content (AvgIpc) is 2.46. The first-order chi connectivity index (χ1) is 9.11. The largest absolute Gasteiger partial charge is 0.495 e. The maximum Gasteiger partial charge on any atom is 0.137 e. The molecule has 0 saturated carbocycles. The van der Waals surface area contributed by atoms with Crippen LogP contribution >= 0.6 is 12.2 Å². The van der Waals surface area contributed by atoms with Crippen LogP contribution in [0.4, 0.5) is 11.5 Å². The van der Waals surface area contributed by atoms with Gasteiger partial charge in [0.25, 0.3) is 0 Å². The van der Waals surface area contributed by atoms with Gasteiger partial charge in [-0.3, -0.25) is 0 Å². The summed E-state index contributed by atoms with van der Waals surface area (Å²) in [6, 6.07) is 11.5. The van der Waals surface area contributed by atoms with E-state index in [0.29, 0.717) is 4.99 Å². The van der Waals surface area contributed by atoms with Crippen molar-refractivity contribution in [3.05, 3.63) is 48.2 Å². The highest BCUT2D eigenvalue weighted by Crippen LogP contribution is 2.23. The zero-order valence-electron chi connectivity index (χ0n) is 10.8. The van der Waals surface area contributed by atoms with Crippen LogP contribution in [0.3, 0.4) is 0 Å². The lowest BCUT2D eigenvalue weighted by atomic mass is 10.2. The molecule has 1 aromatic heterocycles. The molecule has 0 spiro atoms. The first kappa shape index (κ1) is 13.3. The maximum atomic E-state index is 5.57. The second kappa shape index (κ2) is 5.67. The summed E-state index contributed by atoms with van der Waals surface area (Å²) in [6.45, 7) is 0. The topological polar surface area (TPSA) is 51.4 Å². The number of rotatable bonds is 4. The fourth-order valence-electron chi connectivity index (χ4n) is 1.67. The standard InChI is InChI=1S/C14H15N3OS/c1-17(13-8-7-12(18-2)9-16-13)11-5-3-10(4-6-11)14(15)19/h3-9H,1-2H3,(H2,15,19). The van der Waals surface area contributed by atoms with Crippen LogP contribution in [-0.2, 0) is 0 Å². The normalized spacial score (nSPS) is 10.0. The minimum absolute atomic E-state index is 0.400. The Morgan fingerprint density at radius 3 is 2.37 bits per heavy atom. The van der Waals surface area contributed by atoms with Crippen molar-refractivity contribution < 1.29 is 4.74 Å². The Kier molecular flexibility index (Phi) is 3.97. The van der Waals surface area contributed by atoms with E-state index in [-0.39, 0.29) is 0 Å². The van der Waals surface area contributed by atoms with Crippen molar-refractivity contribution in [2.75, 3.05) is 19.1 Å². The number of methoxy groups -OCH3 is 1. The summed E-state index contributed by atoms with van der Waals surface area (Å²) >= 11 is 4.93. The van der Waals surface area contributed by atoms with Gasteiger partial charge in [-0.15, -0.1) is 0 Å². The number of anilines is 2. The van der Waals surface area contributed by atoms with Gasteiger partial charge in [0, 0.05) is 18.3 Å². The van der Waals surface area contributed by atoms with Crippen LogP contribution in [0, 0.1) is 0 Å². The number of pyridine rings is 1. The van der Waals surface area contributed by atoms with Gasteiger partial charge in [0.1, 0.15) is 16.6 Å². The van der Waals surface area contributed by atoms with Crippen LogP contribution in [0.25, 0.3) is 0 Å². The molecule has 0 radical (unpaired) electrons. The second-order valence-corrected chi connectivity index (χ2v) is 4.47. The van der Waals surface area contributed by atoms with E-state index < -0.39 is 0 Å². The highest BCUT2D eigenvalue weighted by atomic mass is 32.1. The zero-order chi connectivity index (χ0) is 13.8. The molecule has 0 aliphatic carbocycles. The minimum Gasteiger partial charge on any atom is -0.495 e. The van der Waals surface area contributed by atoms with E-state index in [4.69, 9.17) is 22.7 Å². The van der Waals surface area contributed by atoms with E-state index >= 15 is 0 Å². The van der Waals surface area contributed by atoms with Gasteiger partial charge in [0.05, 0.1) is 13.3 Å². The zero-order valence-corrected chi connectivity index (χ0v) is 11.6. The molecule has 0 fully saturated rings. The smallest absolute Gasteiger partial charge is 0.137 e. The molecule has 0 unspecified atom stereocenters. The molecular formula is C14H15N3OS. The lowest BCUT2D eigenvalue weighted by Gasteiger charge is -2.18.